The van der Waals surface area contributed by atoms with Crippen LogP contribution in [0.15, 0.2) is 11.1 Å². The molecule has 1 fully saturated rings. The number of aliphatic hydroxyl groups is 1. The second-order valence-electron chi connectivity index (χ2n) is 5.24. The monoisotopic (exact) mass is 288 g/mol. The summed E-state index contributed by atoms with van der Waals surface area (Å²) < 4.78 is 28.2. The van der Waals surface area contributed by atoms with Crippen LogP contribution in [-0.4, -0.2) is 36.5 Å². The van der Waals surface area contributed by atoms with Crippen molar-refractivity contribution in [2.45, 2.75) is 30.6 Å². The van der Waals surface area contributed by atoms with Crippen LogP contribution >= 0.6 is 0 Å². The van der Waals surface area contributed by atoms with Crippen LogP contribution in [0.3, 0.4) is 0 Å². The maximum atomic E-state index is 12.2. The highest BCUT2D eigenvalue weighted by atomic mass is 32.2. The van der Waals surface area contributed by atoms with Gasteiger partial charge in [-0.05, 0) is 12.8 Å². The van der Waals surface area contributed by atoms with E-state index < -0.39 is 10.0 Å². The Kier molecular flexibility index (Phi) is 3.84. The molecule has 0 atom stereocenters. The molecule has 1 aromatic rings. The van der Waals surface area contributed by atoms with Gasteiger partial charge in [0.2, 0.25) is 10.0 Å². The molecule has 1 aromatic heterocycles. The number of aryl methyl sites for hydroxylation is 1. The molecule has 0 aromatic carbocycles. The van der Waals surface area contributed by atoms with Crippen LogP contribution in [0.5, 0.6) is 0 Å². The quantitative estimate of drug-likeness (QED) is 0.697. The topological polar surface area (TPSA) is 110 Å². The lowest BCUT2D eigenvalue weighted by atomic mass is 9.88. The number of anilines is 1. The van der Waals surface area contributed by atoms with Crippen molar-refractivity contribution in [1.29, 1.82) is 0 Å². The molecule has 1 saturated carbocycles. The van der Waals surface area contributed by atoms with E-state index in [-0.39, 0.29) is 29.3 Å². The van der Waals surface area contributed by atoms with E-state index in [0.29, 0.717) is 0 Å². The number of sulfonamides is 1. The third kappa shape index (κ3) is 2.90. The Labute approximate surface area is 112 Å². The number of aromatic nitrogens is 2. The van der Waals surface area contributed by atoms with E-state index in [2.05, 4.69) is 9.82 Å². The molecule has 1 aliphatic carbocycles. The zero-order valence-electron chi connectivity index (χ0n) is 11.0. The van der Waals surface area contributed by atoms with E-state index >= 15 is 0 Å². The zero-order valence-corrected chi connectivity index (χ0v) is 11.8. The molecule has 0 radical (unpaired) electrons. The van der Waals surface area contributed by atoms with Crippen molar-refractivity contribution >= 4 is 15.8 Å². The molecule has 0 aliphatic heterocycles. The van der Waals surface area contributed by atoms with E-state index in [1.54, 1.807) is 7.05 Å². The Morgan fingerprint density at radius 1 is 1.53 bits per heavy atom. The van der Waals surface area contributed by atoms with Gasteiger partial charge in [0, 0.05) is 31.8 Å². The fourth-order valence-electron chi connectivity index (χ4n) is 2.53. The van der Waals surface area contributed by atoms with Gasteiger partial charge in [0.1, 0.15) is 4.90 Å². The van der Waals surface area contributed by atoms with Gasteiger partial charge >= 0.3 is 0 Å². The average Bonchev–Trinajstić information content (AvgIpc) is 2.95. The molecule has 0 bridgehead atoms. The predicted molar refractivity (Wildman–Crippen MR) is 70.8 cm³/mol. The average molecular weight is 288 g/mol. The van der Waals surface area contributed by atoms with Crippen molar-refractivity contribution in [3.8, 4) is 0 Å². The molecule has 0 saturated heterocycles. The molecule has 0 spiro atoms. The molecule has 7 nitrogen and oxygen atoms in total. The molecule has 19 heavy (non-hydrogen) atoms. The fraction of sp³-hybridized carbons (Fsp3) is 0.727. The zero-order chi connectivity index (χ0) is 14.1. The summed E-state index contributed by atoms with van der Waals surface area (Å²) in [7, 11) is -2.06. The lowest BCUT2D eigenvalue weighted by molar-refractivity contribution is 0.134. The van der Waals surface area contributed by atoms with Crippen LogP contribution in [0.25, 0.3) is 0 Å². The number of nitrogen functional groups attached to an aromatic ring is 1. The Hall–Kier alpha value is -1.12. The van der Waals surface area contributed by atoms with Crippen LogP contribution in [0.4, 0.5) is 5.82 Å². The first kappa shape index (κ1) is 14.3. The number of nitrogens with zero attached hydrogens (tertiary/aromatic N) is 2. The minimum atomic E-state index is -3.68. The first-order chi connectivity index (χ1) is 8.88. The Morgan fingerprint density at radius 3 is 2.63 bits per heavy atom. The van der Waals surface area contributed by atoms with Gasteiger partial charge in [0.05, 0.1) is 0 Å². The standard InChI is InChI=1S/C11H20N4O3S/c1-15-6-9(10(12)14-15)19(17,18)13-7-11(8-16)4-2-3-5-11/h6,13,16H,2-5,7-8H2,1H3,(H2,12,14). The first-order valence-corrected chi connectivity index (χ1v) is 7.77. The molecule has 1 heterocycles. The minimum absolute atomic E-state index is 0.00194. The predicted octanol–water partition coefficient (Wildman–Crippen LogP) is -0.167. The summed E-state index contributed by atoms with van der Waals surface area (Å²) in [4.78, 5) is -0.0129. The van der Waals surface area contributed by atoms with Gasteiger partial charge in [-0.15, -0.1) is 0 Å². The highest BCUT2D eigenvalue weighted by molar-refractivity contribution is 7.89. The Bertz CT molecular complexity index is 546. The summed E-state index contributed by atoms with van der Waals surface area (Å²) in [6, 6.07) is 0. The van der Waals surface area contributed by atoms with Crippen molar-refractivity contribution in [2.24, 2.45) is 12.5 Å². The van der Waals surface area contributed by atoms with E-state index in [1.165, 1.54) is 10.9 Å². The SMILES string of the molecule is Cn1cc(S(=O)(=O)NCC2(CO)CCCC2)c(N)n1. The fourth-order valence-corrected chi connectivity index (χ4v) is 3.79. The third-order valence-corrected chi connectivity index (χ3v) is 5.17. The number of aliphatic hydroxyl groups excluding tert-OH is 1. The van der Waals surface area contributed by atoms with Gasteiger partial charge in [0.15, 0.2) is 5.82 Å². The lowest BCUT2D eigenvalue weighted by Gasteiger charge is -2.26. The summed E-state index contributed by atoms with van der Waals surface area (Å²) >= 11 is 0. The molecule has 2 rings (SSSR count). The van der Waals surface area contributed by atoms with Crippen molar-refractivity contribution in [2.75, 3.05) is 18.9 Å². The van der Waals surface area contributed by atoms with Gasteiger partial charge in [-0.1, -0.05) is 12.8 Å². The normalized spacial score (nSPS) is 18.8. The summed E-state index contributed by atoms with van der Waals surface area (Å²) in [5, 5.41) is 13.3. The largest absolute Gasteiger partial charge is 0.396 e. The maximum Gasteiger partial charge on any atom is 0.245 e. The van der Waals surface area contributed by atoms with E-state index in [1.807, 2.05) is 0 Å². The second kappa shape index (κ2) is 5.10. The van der Waals surface area contributed by atoms with Gasteiger partial charge < -0.3 is 10.8 Å². The number of hydrogen-bond acceptors (Lipinski definition) is 5. The molecule has 0 unspecified atom stereocenters. The van der Waals surface area contributed by atoms with E-state index in [0.717, 1.165) is 25.7 Å². The van der Waals surface area contributed by atoms with Crippen molar-refractivity contribution in [1.82, 2.24) is 14.5 Å². The summed E-state index contributed by atoms with van der Waals surface area (Å²) in [6.07, 6.45) is 5.11. The van der Waals surface area contributed by atoms with Gasteiger partial charge in [-0.25, -0.2) is 13.1 Å². The number of hydrogen-bond donors (Lipinski definition) is 3. The smallest absolute Gasteiger partial charge is 0.245 e. The van der Waals surface area contributed by atoms with Crippen LogP contribution in [-0.2, 0) is 17.1 Å². The van der Waals surface area contributed by atoms with Gasteiger partial charge in [0.25, 0.3) is 0 Å². The minimum Gasteiger partial charge on any atom is -0.396 e. The Morgan fingerprint density at radius 2 is 2.16 bits per heavy atom. The van der Waals surface area contributed by atoms with Crippen LogP contribution < -0.4 is 10.5 Å². The van der Waals surface area contributed by atoms with Crippen LogP contribution in [0.2, 0.25) is 0 Å². The molecule has 1 aliphatic rings. The van der Waals surface area contributed by atoms with Gasteiger partial charge in [-0.2, -0.15) is 5.10 Å². The molecule has 108 valence electrons. The molecule has 0 amide bonds. The molecular formula is C11H20N4O3S. The number of nitrogens with two attached hydrogens (primary N) is 1. The van der Waals surface area contributed by atoms with Gasteiger partial charge in [-0.3, -0.25) is 4.68 Å². The first-order valence-electron chi connectivity index (χ1n) is 6.28. The third-order valence-electron chi connectivity index (χ3n) is 3.75. The van der Waals surface area contributed by atoms with Crippen molar-refractivity contribution < 1.29 is 13.5 Å². The number of rotatable bonds is 5. The lowest BCUT2D eigenvalue weighted by Crippen LogP contribution is -2.38. The highest BCUT2D eigenvalue weighted by Crippen LogP contribution is 2.37. The van der Waals surface area contributed by atoms with E-state index in [4.69, 9.17) is 5.73 Å². The molecule has 4 N–H and O–H groups in total. The molecular weight excluding hydrogens is 268 g/mol. The summed E-state index contributed by atoms with van der Waals surface area (Å²) in [5.41, 5.74) is 5.25. The second-order valence-corrected chi connectivity index (χ2v) is 6.98. The highest BCUT2D eigenvalue weighted by Gasteiger charge is 2.35. The summed E-state index contributed by atoms with van der Waals surface area (Å²) in [5.74, 6) is -0.0144. The molecule has 8 heteroatoms. The van der Waals surface area contributed by atoms with Crippen molar-refractivity contribution in [3.63, 3.8) is 0 Å². The van der Waals surface area contributed by atoms with Crippen LogP contribution in [0, 0.1) is 5.41 Å². The maximum absolute atomic E-state index is 12.2. The van der Waals surface area contributed by atoms with E-state index in [9.17, 15) is 13.5 Å². The van der Waals surface area contributed by atoms with Crippen LogP contribution in [0.1, 0.15) is 25.7 Å². The van der Waals surface area contributed by atoms with Crippen molar-refractivity contribution in [3.05, 3.63) is 6.20 Å². The Balaban J connectivity index is 2.12. The summed E-state index contributed by atoms with van der Waals surface area (Å²) in [6.45, 7) is 0.234. The number of nitrogens with one attached hydrogen (secondary N) is 1.